The molecule has 7 heteroatoms. The fourth-order valence-corrected chi connectivity index (χ4v) is 2.85. The zero-order valence-electron chi connectivity index (χ0n) is 11.7. The van der Waals surface area contributed by atoms with Crippen molar-refractivity contribution < 1.29 is 13.9 Å². The molecular weight excluding hydrogens is 297 g/mol. The second-order valence-corrected chi connectivity index (χ2v) is 5.67. The van der Waals surface area contributed by atoms with Crippen LogP contribution in [0.15, 0.2) is 12.3 Å². The van der Waals surface area contributed by atoms with Gasteiger partial charge in [-0.2, -0.15) is 0 Å². The average Bonchev–Trinajstić information content (AvgIpc) is 2.49. The number of rotatable bonds is 5. The monoisotopic (exact) mass is 315 g/mol. The average molecular weight is 316 g/mol. The summed E-state index contributed by atoms with van der Waals surface area (Å²) in [7, 11) is 0. The van der Waals surface area contributed by atoms with E-state index in [1.165, 1.54) is 0 Å². The Kier molecular flexibility index (Phi) is 4.77. The van der Waals surface area contributed by atoms with Crippen LogP contribution in [0.5, 0.6) is 5.75 Å². The summed E-state index contributed by atoms with van der Waals surface area (Å²) in [6, 6.07) is 1.88. The molecular formula is C14H19ClFN3O2. The number of ether oxygens (including phenoxy) is 2. The standard InChI is InChI=1S/C14H19ClFN3O2/c15-14-13(20-3-1-2-16)4-10(5-18-14)19-8-11-6-17-7-12(9-19)21-11/h4-5,11-12,17H,1-3,6-9H2. The van der Waals surface area contributed by atoms with Crippen LogP contribution in [0.2, 0.25) is 5.15 Å². The Morgan fingerprint density at radius 2 is 2.19 bits per heavy atom. The van der Waals surface area contributed by atoms with E-state index in [1.807, 2.05) is 6.07 Å². The molecule has 2 aliphatic heterocycles. The SMILES string of the molecule is FCCCOc1cc(N2CC3CNCC(C2)O3)cnc1Cl. The van der Waals surface area contributed by atoms with E-state index in [9.17, 15) is 4.39 Å². The Morgan fingerprint density at radius 3 is 2.90 bits per heavy atom. The third-order valence-electron chi connectivity index (χ3n) is 3.67. The Bertz CT molecular complexity index is 479. The van der Waals surface area contributed by atoms with Gasteiger partial charge in [0.2, 0.25) is 0 Å². The van der Waals surface area contributed by atoms with Gasteiger partial charge in [0.05, 0.1) is 37.4 Å². The van der Waals surface area contributed by atoms with E-state index >= 15 is 0 Å². The quantitative estimate of drug-likeness (QED) is 0.661. The van der Waals surface area contributed by atoms with Crippen molar-refractivity contribution in [1.82, 2.24) is 10.3 Å². The lowest BCUT2D eigenvalue weighted by atomic mass is 10.1. The summed E-state index contributed by atoms with van der Waals surface area (Å²) < 4.78 is 23.5. The minimum Gasteiger partial charge on any atom is -0.490 e. The highest BCUT2D eigenvalue weighted by Gasteiger charge is 2.31. The van der Waals surface area contributed by atoms with E-state index in [2.05, 4.69) is 15.2 Å². The molecule has 1 N–H and O–H groups in total. The maximum absolute atomic E-state index is 12.1. The van der Waals surface area contributed by atoms with Crippen molar-refractivity contribution in [2.45, 2.75) is 18.6 Å². The summed E-state index contributed by atoms with van der Waals surface area (Å²) >= 11 is 6.03. The number of nitrogens with zero attached hydrogens (tertiary/aromatic N) is 2. The number of halogens is 2. The van der Waals surface area contributed by atoms with Crippen molar-refractivity contribution in [3.05, 3.63) is 17.4 Å². The summed E-state index contributed by atoms with van der Waals surface area (Å²) in [6.45, 7) is 3.28. The van der Waals surface area contributed by atoms with Crippen molar-refractivity contribution >= 4 is 17.3 Å². The largest absolute Gasteiger partial charge is 0.490 e. The van der Waals surface area contributed by atoms with Gasteiger partial charge in [-0.3, -0.25) is 4.39 Å². The number of hydrogen-bond acceptors (Lipinski definition) is 5. The highest BCUT2D eigenvalue weighted by atomic mass is 35.5. The molecule has 0 radical (unpaired) electrons. The molecule has 2 atom stereocenters. The normalized spacial score (nSPS) is 25.0. The molecule has 1 aromatic rings. The molecule has 2 saturated heterocycles. The van der Waals surface area contributed by atoms with Crippen molar-refractivity contribution in [3.63, 3.8) is 0 Å². The summed E-state index contributed by atoms with van der Waals surface area (Å²) in [5.74, 6) is 0.511. The van der Waals surface area contributed by atoms with Gasteiger partial charge in [0.1, 0.15) is 0 Å². The van der Waals surface area contributed by atoms with Crippen molar-refractivity contribution in [2.24, 2.45) is 0 Å². The van der Waals surface area contributed by atoms with E-state index in [4.69, 9.17) is 21.1 Å². The van der Waals surface area contributed by atoms with Crippen LogP contribution in [0.4, 0.5) is 10.1 Å². The van der Waals surface area contributed by atoms with Crippen LogP contribution in [0.1, 0.15) is 6.42 Å². The molecule has 0 amide bonds. The molecule has 0 aliphatic carbocycles. The second-order valence-electron chi connectivity index (χ2n) is 5.32. The maximum atomic E-state index is 12.1. The molecule has 2 fully saturated rings. The Morgan fingerprint density at radius 1 is 1.43 bits per heavy atom. The van der Waals surface area contributed by atoms with Crippen LogP contribution in [0, 0.1) is 0 Å². The third kappa shape index (κ3) is 3.56. The van der Waals surface area contributed by atoms with Crippen LogP contribution in [0.3, 0.4) is 0 Å². The third-order valence-corrected chi connectivity index (χ3v) is 3.95. The lowest BCUT2D eigenvalue weighted by Gasteiger charge is -2.42. The first kappa shape index (κ1) is 14.8. The first-order chi connectivity index (χ1) is 10.3. The summed E-state index contributed by atoms with van der Waals surface area (Å²) in [5, 5.41) is 3.68. The predicted octanol–water partition coefficient (Wildman–Crippen LogP) is 1.65. The highest BCUT2D eigenvalue weighted by Crippen LogP contribution is 2.29. The van der Waals surface area contributed by atoms with Crippen molar-refractivity contribution in [3.8, 4) is 5.75 Å². The number of anilines is 1. The first-order valence-corrected chi connectivity index (χ1v) is 7.59. The fraction of sp³-hybridized carbons (Fsp3) is 0.643. The minimum absolute atomic E-state index is 0.198. The predicted molar refractivity (Wildman–Crippen MR) is 79.1 cm³/mol. The van der Waals surface area contributed by atoms with Gasteiger partial charge >= 0.3 is 0 Å². The van der Waals surface area contributed by atoms with E-state index in [1.54, 1.807) is 6.20 Å². The number of nitrogens with one attached hydrogen (secondary N) is 1. The number of aromatic nitrogens is 1. The van der Waals surface area contributed by atoms with E-state index in [0.717, 1.165) is 31.9 Å². The summed E-state index contributed by atoms with van der Waals surface area (Å²) in [5.41, 5.74) is 0.967. The van der Waals surface area contributed by atoms with Gasteiger partial charge in [-0.15, -0.1) is 0 Å². The highest BCUT2D eigenvalue weighted by molar-refractivity contribution is 6.30. The molecule has 3 heterocycles. The van der Waals surface area contributed by atoms with Gasteiger partial charge < -0.3 is 19.7 Å². The molecule has 2 unspecified atom stereocenters. The smallest absolute Gasteiger partial charge is 0.171 e. The number of morpholine rings is 2. The van der Waals surface area contributed by atoms with Crippen LogP contribution in [-0.2, 0) is 4.74 Å². The number of alkyl halides is 1. The number of pyridine rings is 1. The van der Waals surface area contributed by atoms with Crippen LogP contribution < -0.4 is 15.0 Å². The van der Waals surface area contributed by atoms with E-state index in [-0.39, 0.29) is 12.2 Å². The summed E-state index contributed by atoms with van der Waals surface area (Å²) in [6.07, 6.45) is 2.50. The lowest BCUT2D eigenvalue weighted by Crippen LogP contribution is -2.58. The van der Waals surface area contributed by atoms with Crippen LogP contribution >= 0.6 is 11.6 Å². The zero-order valence-corrected chi connectivity index (χ0v) is 12.5. The topological polar surface area (TPSA) is 46.6 Å². The molecule has 5 nitrogen and oxygen atoms in total. The Balaban J connectivity index is 1.71. The number of hydrogen-bond donors (Lipinski definition) is 1. The van der Waals surface area contributed by atoms with Crippen LogP contribution in [0.25, 0.3) is 0 Å². The maximum Gasteiger partial charge on any atom is 0.171 e. The molecule has 0 spiro atoms. The summed E-state index contributed by atoms with van der Waals surface area (Å²) in [4.78, 5) is 6.42. The second kappa shape index (κ2) is 6.77. The van der Waals surface area contributed by atoms with Gasteiger partial charge in [-0.25, -0.2) is 4.98 Å². The van der Waals surface area contributed by atoms with Crippen LogP contribution in [-0.4, -0.2) is 56.7 Å². The fourth-order valence-electron chi connectivity index (χ4n) is 2.69. The molecule has 116 valence electrons. The zero-order chi connectivity index (χ0) is 14.7. The minimum atomic E-state index is -0.398. The first-order valence-electron chi connectivity index (χ1n) is 7.21. The molecule has 2 bridgehead atoms. The Labute approximate surface area is 128 Å². The number of fused-ring (bicyclic) bond motifs is 2. The lowest BCUT2D eigenvalue weighted by molar-refractivity contribution is -0.0484. The molecule has 2 aliphatic rings. The van der Waals surface area contributed by atoms with Crippen molar-refractivity contribution in [2.75, 3.05) is 44.4 Å². The molecule has 3 rings (SSSR count). The van der Waals surface area contributed by atoms with E-state index < -0.39 is 6.67 Å². The molecule has 0 aromatic carbocycles. The molecule has 1 aromatic heterocycles. The van der Waals surface area contributed by atoms with E-state index in [0.29, 0.717) is 23.9 Å². The van der Waals surface area contributed by atoms with Gasteiger partial charge in [-0.1, -0.05) is 11.6 Å². The van der Waals surface area contributed by atoms with Gasteiger partial charge in [0.25, 0.3) is 0 Å². The molecule has 0 saturated carbocycles. The van der Waals surface area contributed by atoms with Gasteiger partial charge in [0.15, 0.2) is 10.9 Å². The van der Waals surface area contributed by atoms with Gasteiger partial charge in [-0.05, 0) is 0 Å². The Hall–Kier alpha value is -1.11. The van der Waals surface area contributed by atoms with Gasteiger partial charge in [0, 0.05) is 38.7 Å². The molecule has 21 heavy (non-hydrogen) atoms. The van der Waals surface area contributed by atoms with Crippen molar-refractivity contribution in [1.29, 1.82) is 0 Å².